The van der Waals surface area contributed by atoms with Gasteiger partial charge in [-0.3, -0.25) is 4.72 Å². The average molecular weight is 571 g/mol. The van der Waals surface area contributed by atoms with E-state index >= 15 is 0 Å². The Hall–Kier alpha value is -2.08. The van der Waals surface area contributed by atoms with Crippen LogP contribution in [0, 0.1) is 13.8 Å². The molecule has 30 heavy (non-hydrogen) atoms. The van der Waals surface area contributed by atoms with Crippen molar-refractivity contribution >= 4 is 74.8 Å². The van der Waals surface area contributed by atoms with Crippen molar-refractivity contribution in [3.8, 4) is 0 Å². The van der Waals surface area contributed by atoms with Crippen LogP contribution < -0.4 is 10.5 Å². The summed E-state index contributed by atoms with van der Waals surface area (Å²) < 4.78 is 29.4. The molecule has 11 heteroatoms. The van der Waals surface area contributed by atoms with Crippen LogP contribution in [0.5, 0.6) is 0 Å². The summed E-state index contributed by atoms with van der Waals surface area (Å²) in [7, 11) is -3.66. The Labute approximate surface area is 195 Å². The van der Waals surface area contributed by atoms with E-state index in [-0.39, 0.29) is 4.90 Å². The van der Waals surface area contributed by atoms with Gasteiger partial charge in [-0.15, -0.1) is 11.3 Å². The number of aryl methyl sites for hydroxylation is 2. The van der Waals surface area contributed by atoms with Gasteiger partial charge in [-0.25, -0.2) is 23.4 Å². The van der Waals surface area contributed by atoms with Gasteiger partial charge < -0.3 is 5.73 Å². The van der Waals surface area contributed by atoms with Crippen molar-refractivity contribution in [3.05, 3.63) is 68.6 Å². The van der Waals surface area contributed by atoms with E-state index in [1.165, 1.54) is 11.3 Å². The first kappa shape index (κ1) is 22.6. The summed E-state index contributed by atoms with van der Waals surface area (Å²) in [5.74, 6) is 0. The van der Waals surface area contributed by atoms with E-state index in [0.717, 1.165) is 26.2 Å². The molecule has 0 fully saturated rings. The lowest BCUT2D eigenvalue weighted by atomic mass is 10.3. The van der Waals surface area contributed by atoms with Crippen LogP contribution in [0.15, 0.2) is 62.1 Å². The molecule has 3 heterocycles. The monoisotopic (exact) mass is 569 g/mol. The van der Waals surface area contributed by atoms with Crippen molar-refractivity contribution in [2.45, 2.75) is 18.7 Å². The molecule has 0 atom stereocenters. The third kappa shape index (κ3) is 5.54. The molecular weight excluding hydrogens is 554 g/mol. The van der Waals surface area contributed by atoms with Gasteiger partial charge in [0.15, 0.2) is 0 Å². The van der Waals surface area contributed by atoms with Gasteiger partial charge in [-0.05, 0) is 88.2 Å². The highest BCUT2D eigenvalue weighted by Crippen LogP contribution is 2.26. The zero-order valence-electron chi connectivity index (χ0n) is 15.9. The summed E-state index contributed by atoms with van der Waals surface area (Å²) in [5.41, 5.74) is 10.8. The number of benzene rings is 1. The third-order valence-corrected chi connectivity index (χ3v) is 7.26. The number of anilines is 2. The maximum atomic E-state index is 12.4. The Bertz CT molecular complexity index is 1310. The number of hydrogen-bond acceptors (Lipinski definition) is 7. The van der Waals surface area contributed by atoms with Crippen LogP contribution in [0.4, 0.5) is 11.4 Å². The molecule has 0 saturated carbocycles. The van der Waals surface area contributed by atoms with Gasteiger partial charge in [0.25, 0.3) is 10.0 Å². The molecule has 0 amide bonds. The van der Waals surface area contributed by atoms with Crippen LogP contribution in [0.2, 0.25) is 0 Å². The van der Waals surface area contributed by atoms with E-state index in [2.05, 4.69) is 51.5 Å². The predicted molar refractivity (Wildman–Crippen MR) is 128 cm³/mol. The number of aromatic nitrogens is 3. The summed E-state index contributed by atoms with van der Waals surface area (Å²) in [4.78, 5) is 12.6. The van der Waals surface area contributed by atoms with Crippen LogP contribution in [-0.4, -0.2) is 23.4 Å². The number of nitrogens with two attached hydrogens (primary N) is 1. The van der Waals surface area contributed by atoms with Crippen LogP contribution in [-0.2, 0) is 10.0 Å². The minimum atomic E-state index is -3.66. The second kappa shape index (κ2) is 9.38. The standard InChI is InChI=1S/C13H10BrN3O2S2.C6H7BrN2/c1-8-2-4-11(13(14)16-8)17-21(18,19)9-3-5-10-12(6-9)20-7-15-10;1-4-2-3-5(8)6(7)9-4/h2-7,17H,1H3;2-3H,8H2,1H3. The Morgan fingerprint density at radius 3 is 2.27 bits per heavy atom. The van der Waals surface area contributed by atoms with Crippen molar-refractivity contribution in [3.63, 3.8) is 0 Å². The van der Waals surface area contributed by atoms with Crippen LogP contribution >= 0.6 is 43.2 Å². The highest BCUT2D eigenvalue weighted by Gasteiger charge is 2.17. The fourth-order valence-electron chi connectivity index (χ4n) is 2.34. The average Bonchev–Trinajstić information content (AvgIpc) is 3.16. The molecule has 0 radical (unpaired) electrons. The largest absolute Gasteiger partial charge is 0.397 e. The normalized spacial score (nSPS) is 11.1. The fourth-order valence-corrected chi connectivity index (χ4v) is 5.28. The second-order valence-corrected chi connectivity index (χ2v) is 10.3. The maximum Gasteiger partial charge on any atom is 0.262 e. The molecule has 0 bridgehead atoms. The molecule has 4 aromatic rings. The quantitative estimate of drug-likeness (QED) is 0.323. The first-order valence-electron chi connectivity index (χ1n) is 8.53. The van der Waals surface area contributed by atoms with Gasteiger partial charge in [0, 0.05) is 11.4 Å². The first-order valence-corrected chi connectivity index (χ1v) is 12.5. The van der Waals surface area contributed by atoms with Gasteiger partial charge in [0.2, 0.25) is 0 Å². The number of pyridine rings is 2. The topological polar surface area (TPSA) is 111 Å². The highest BCUT2D eigenvalue weighted by molar-refractivity contribution is 9.10. The molecule has 0 unspecified atom stereocenters. The zero-order chi connectivity index (χ0) is 21.9. The number of halogens is 2. The van der Waals surface area contributed by atoms with Crippen molar-refractivity contribution in [1.82, 2.24) is 15.0 Å². The minimum absolute atomic E-state index is 0.201. The van der Waals surface area contributed by atoms with Crippen LogP contribution in [0.1, 0.15) is 11.4 Å². The Balaban J connectivity index is 0.000000239. The maximum absolute atomic E-state index is 12.4. The molecule has 0 aliphatic carbocycles. The van der Waals surface area contributed by atoms with E-state index in [9.17, 15) is 8.42 Å². The lowest BCUT2D eigenvalue weighted by Gasteiger charge is -2.09. The Morgan fingerprint density at radius 1 is 0.967 bits per heavy atom. The Kier molecular flexibility index (Phi) is 7.06. The number of nitrogens with zero attached hydrogens (tertiary/aromatic N) is 3. The van der Waals surface area contributed by atoms with E-state index in [1.807, 2.05) is 26.0 Å². The molecule has 0 saturated heterocycles. The summed E-state index contributed by atoms with van der Waals surface area (Å²) in [6, 6.07) is 12.0. The molecular formula is C19H17Br2N5O2S2. The van der Waals surface area contributed by atoms with E-state index in [0.29, 0.717) is 16.0 Å². The zero-order valence-corrected chi connectivity index (χ0v) is 20.7. The fraction of sp³-hybridized carbons (Fsp3) is 0.105. The van der Waals surface area contributed by atoms with E-state index in [4.69, 9.17) is 5.73 Å². The van der Waals surface area contributed by atoms with Gasteiger partial charge in [-0.2, -0.15) is 0 Å². The molecule has 0 spiro atoms. The number of rotatable bonds is 3. The van der Waals surface area contributed by atoms with Gasteiger partial charge in [0.1, 0.15) is 9.21 Å². The van der Waals surface area contributed by atoms with Crippen LogP contribution in [0.25, 0.3) is 10.2 Å². The molecule has 0 aliphatic rings. The molecule has 3 aromatic heterocycles. The number of sulfonamides is 1. The molecule has 4 rings (SSSR count). The minimum Gasteiger partial charge on any atom is -0.397 e. The Morgan fingerprint density at radius 2 is 1.63 bits per heavy atom. The third-order valence-electron chi connectivity index (χ3n) is 3.86. The van der Waals surface area contributed by atoms with Crippen molar-refractivity contribution in [2.75, 3.05) is 10.5 Å². The molecule has 7 nitrogen and oxygen atoms in total. The summed E-state index contributed by atoms with van der Waals surface area (Å²) in [5, 5.41) is 0. The van der Waals surface area contributed by atoms with Crippen molar-refractivity contribution in [2.24, 2.45) is 0 Å². The van der Waals surface area contributed by atoms with E-state index in [1.54, 1.807) is 35.8 Å². The summed E-state index contributed by atoms with van der Waals surface area (Å²) in [6.07, 6.45) is 0. The van der Waals surface area contributed by atoms with E-state index < -0.39 is 10.0 Å². The lowest BCUT2D eigenvalue weighted by Crippen LogP contribution is -2.13. The number of thiazole rings is 1. The van der Waals surface area contributed by atoms with Gasteiger partial charge >= 0.3 is 0 Å². The smallest absolute Gasteiger partial charge is 0.262 e. The molecule has 1 aromatic carbocycles. The summed E-state index contributed by atoms with van der Waals surface area (Å²) >= 11 is 7.87. The number of nitrogens with one attached hydrogen (secondary N) is 1. The SMILES string of the molecule is Cc1ccc(N)c(Br)n1.Cc1ccc(NS(=O)(=O)c2ccc3ncsc3c2)c(Br)n1. The highest BCUT2D eigenvalue weighted by atomic mass is 79.9. The van der Waals surface area contributed by atoms with Crippen LogP contribution in [0.3, 0.4) is 0 Å². The second-order valence-electron chi connectivity index (χ2n) is 6.21. The number of hydrogen-bond donors (Lipinski definition) is 2. The first-order chi connectivity index (χ1) is 14.2. The molecule has 156 valence electrons. The number of fused-ring (bicyclic) bond motifs is 1. The summed E-state index contributed by atoms with van der Waals surface area (Å²) in [6.45, 7) is 3.75. The molecule has 0 aliphatic heterocycles. The lowest BCUT2D eigenvalue weighted by molar-refractivity contribution is 0.601. The number of nitrogen functional groups attached to an aromatic ring is 1. The molecule has 3 N–H and O–H groups in total. The van der Waals surface area contributed by atoms with Crippen molar-refractivity contribution < 1.29 is 8.42 Å². The van der Waals surface area contributed by atoms with Gasteiger partial charge in [-0.1, -0.05) is 0 Å². The van der Waals surface area contributed by atoms with Gasteiger partial charge in [0.05, 0.1) is 32.0 Å². The van der Waals surface area contributed by atoms with Crippen molar-refractivity contribution in [1.29, 1.82) is 0 Å². The predicted octanol–water partition coefficient (Wildman–Crippen LogP) is 5.30.